The van der Waals surface area contributed by atoms with Gasteiger partial charge in [0.15, 0.2) is 17.2 Å². The lowest BCUT2D eigenvalue weighted by Gasteiger charge is -2.39. The van der Waals surface area contributed by atoms with Crippen molar-refractivity contribution >= 4 is 17.0 Å². The van der Waals surface area contributed by atoms with Crippen LogP contribution < -0.4 is 10.1 Å². The lowest BCUT2D eigenvalue weighted by atomic mass is 9.81. The molecule has 9 heteroatoms. The molecule has 0 unspecified atom stereocenters. The van der Waals surface area contributed by atoms with E-state index in [4.69, 9.17) is 14.1 Å². The molecule has 0 spiro atoms. The molecule has 0 bridgehead atoms. The number of aryl methyl sites for hydroxylation is 2. The van der Waals surface area contributed by atoms with Crippen LogP contribution in [0.5, 0.6) is 5.75 Å². The summed E-state index contributed by atoms with van der Waals surface area (Å²) >= 11 is 0. The molecule has 3 atom stereocenters. The molecule has 41 heavy (non-hydrogen) atoms. The van der Waals surface area contributed by atoms with Crippen molar-refractivity contribution in [3.63, 3.8) is 0 Å². The number of aliphatic hydroxyl groups is 1. The van der Waals surface area contributed by atoms with Crippen molar-refractivity contribution in [3.05, 3.63) is 65.9 Å². The third kappa shape index (κ3) is 5.36. The number of piperazine rings is 1. The minimum atomic E-state index is -0.858. The second-order valence-corrected chi connectivity index (χ2v) is 11.6. The molecule has 2 fully saturated rings. The van der Waals surface area contributed by atoms with E-state index in [0.717, 1.165) is 65.9 Å². The summed E-state index contributed by atoms with van der Waals surface area (Å²) in [5.74, 6) is 1.32. The van der Waals surface area contributed by atoms with Gasteiger partial charge in [-0.05, 0) is 38.8 Å². The second kappa shape index (κ2) is 11.3. The third-order valence-corrected chi connectivity index (χ3v) is 8.70. The number of fused-ring (bicyclic) bond motifs is 1. The fourth-order valence-electron chi connectivity index (χ4n) is 6.47. The number of amides is 1. The molecule has 4 aromatic rings. The summed E-state index contributed by atoms with van der Waals surface area (Å²) in [4.78, 5) is 25.3. The summed E-state index contributed by atoms with van der Waals surface area (Å²) in [6.07, 6.45) is 6.05. The third-order valence-electron chi connectivity index (χ3n) is 8.70. The van der Waals surface area contributed by atoms with Crippen LogP contribution in [0.3, 0.4) is 0 Å². The molecule has 0 radical (unpaired) electrons. The van der Waals surface area contributed by atoms with Crippen molar-refractivity contribution in [1.82, 2.24) is 24.8 Å². The molecule has 2 aromatic carbocycles. The number of imidazole rings is 1. The molecule has 1 aliphatic heterocycles. The number of rotatable bonds is 7. The molecule has 2 N–H and O–H groups in total. The first-order valence-corrected chi connectivity index (χ1v) is 14.7. The van der Waals surface area contributed by atoms with Gasteiger partial charge in [-0.15, -0.1) is 0 Å². The van der Waals surface area contributed by atoms with E-state index < -0.39 is 5.60 Å². The molecule has 1 saturated carbocycles. The van der Waals surface area contributed by atoms with Crippen molar-refractivity contribution in [3.8, 4) is 17.0 Å². The highest BCUT2D eigenvalue weighted by molar-refractivity contribution is 5.98. The van der Waals surface area contributed by atoms with Gasteiger partial charge < -0.3 is 29.0 Å². The van der Waals surface area contributed by atoms with E-state index in [9.17, 15) is 9.90 Å². The molecule has 9 nitrogen and oxygen atoms in total. The smallest absolute Gasteiger partial charge is 0.275 e. The van der Waals surface area contributed by atoms with Crippen LogP contribution in [0, 0.1) is 13.8 Å². The number of nitrogens with one attached hydrogen (secondary N) is 1. The Hall–Kier alpha value is -3.69. The van der Waals surface area contributed by atoms with Gasteiger partial charge in [-0.1, -0.05) is 43.2 Å². The minimum absolute atomic E-state index is 0.0406. The number of ether oxygens (including phenoxy) is 1. The van der Waals surface area contributed by atoms with E-state index in [1.165, 1.54) is 0 Å². The average Bonchev–Trinajstić information content (AvgIpc) is 3.58. The fraction of sp³-hybridized carbons (Fsp3) is 0.469. The standard InChI is InChI=1S/C32H39N5O4/c1-21-25(12-13-26-28(21)35-22(2)41-26)40-18-14-24-19-33-16-17-36(24)31(38)29-30(23-9-5-4-6-10-23)37(20-34-29)27-11-7-8-15-32(27,3)39/h4-6,9-10,12-13,20,24,27,33,39H,7-8,11,14-19H2,1-3H3/t24-,27-,32+/m1/s1. The Balaban J connectivity index is 1.24. The van der Waals surface area contributed by atoms with Crippen LogP contribution >= 0.6 is 0 Å². The normalized spacial score (nSPS) is 23.2. The Bertz CT molecular complexity index is 1530. The summed E-state index contributed by atoms with van der Waals surface area (Å²) in [7, 11) is 0. The first kappa shape index (κ1) is 27.5. The maximum atomic E-state index is 14.2. The molecule has 2 aromatic heterocycles. The maximum Gasteiger partial charge on any atom is 0.275 e. The Morgan fingerprint density at radius 2 is 2.02 bits per heavy atom. The number of benzene rings is 2. The van der Waals surface area contributed by atoms with Crippen LogP contribution in [-0.4, -0.2) is 68.3 Å². The SMILES string of the molecule is Cc1nc2c(C)c(OCC[C@@H]3CNCCN3C(=O)c3ncn([C@@H]4CCCC[C@]4(C)O)c3-c3ccccc3)ccc2o1. The van der Waals surface area contributed by atoms with Crippen LogP contribution in [-0.2, 0) is 0 Å². The fourth-order valence-corrected chi connectivity index (χ4v) is 6.47. The molecule has 2 aliphatic rings. The van der Waals surface area contributed by atoms with E-state index in [0.29, 0.717) is 37.7 Å². The van der Waals surface area contributed by atoms with Crippen LogP contribution in [0.25, 0.3) is 22.4 Å². The number of hydrogen-bond acceptors (Lipinski definition) is 7. The topological polar surface area (TPSA) is 106 Å². The Morgan fingerprint density at radius 1 is 1.20 bits per heavy atom. The number of carbonyl (C=O) groups excluding carboxylic acids is 1. The van der Waals surface area contributed by atoms with Crippen molar-refractivity contribution in [2.75, 3.05) is 26.2 Å². The lowest BCUT2D eigenvalue weighted by molar-refractivity contribution is -0.0243. The Labute approximate surface area is 240 Å². The van der Waals surface area contributed by atoms with E-state index in [1.54, 1.807) is 6.33 Å². The van der Waals surface area contributed by atoms with Gasteiger partial charge >= 0.3 is 0 Å². The zero-order valence-corrected chi connectivity index (χ0v) is 24.1. The zero-order chi connectivity index (χ0) is 28.6. The van der Waals surface area contributed by atoms with Gasteiger partial charge in [0, 0.05) is 50.1 Å². The highest BCUT2D eigenvalue weighted by atomic mass is 16.5. The van der Waals surface area contributed by atoms with Gasteiger partial charge in [-0.25, -0.2) is 9.97 Å². The number of oxazole rings is 1. The molecule has 1 aliphatic carbocycles. The van der Waals surface area contributed by atoms with Crippen LogP contribution in [0.15, 0.2) is 53.2 Å². The molecule has 1 saturated heterocycles. The lowest BCUT2D eigenvalue weighted by Crippen LogP contribution is -2.54. The number of nitrogens with zero attached hydrogens (tertiary/aromatic N) is 4. The summed E-state index contributed by atoms with van der Waals surface area (Å²) in [5, 5.41) is 14.7. The monoisotopic (exact) mass is 557 g/mol. The minimum Gasteiger partial charge on any atom is -0.493 e. The van der Waals surface area contributed by atoms with Gasteiger partial charge in [0.25, 0.3) is 5.91 Å². The Morgan fingerprint density at radius 3 is 2.83 bits per heavy atom. The van der Waals surface area contributed by atoms with Crippen LogP contribution in [0.1, 0.15) is 67.0 Å². The predicted molar refractivity (Wildman–Crippen MR) is 157 cm³/mol. The average molecular weight is 558 g/mol. The van der Waals surface area contributed by atoms with Gasteiger partial charge in [0.2, 0.25) is 0 Å². The zero-order valence-electron chi connectivity index (χ0n) is 24.1. The highest BCUT2D eigenvalue weighted by Gasteiger charge is 2.39. The quantitative estimate of drug-likeness (QED) is 0.327. The van der Waals surface area contributed by atoms with Gasteiger partial charge in [-0.3, -0.25) is 4.79 Å². The molecule has 6 rings (SSSR count). The Kier molecular flexibility index (Phi) is 7.57. The summed E-state index contributed by atoms with van der Waals surface area (Å²) < 4.78 is 13.9. The van der Waals surface area contributed by atoms with Crippen molar-refractivity contribution in [2.24, 2.45) is 0 Å². The molecule has 216 valence electrons. The summed E-state index contributed by atoms with van der Waals surface area (Å²) in [6.45, 7) is 8.20. The largest absolute Gasteiger partial charge is 0.493 e. The van der Waals surface area contributed by atoms with E-state index >= 15 is 0 Å². The summed E-state index contributed by atoms with van der Waals surface area (Å²) in [5.41, 5.74) is 3.81. The van der Waals surface area contributed by atoms with Gasteiger partial charge in [0.05, 0.1) is 30.3 Å². The predicted octanol–water partition coefficient (Wildman–Crippen LogP) is 5.06. The van der Waals surface area contributed by atoms with Gasteiger partial charge in [0.1, 0.15) is 11.3 Å². The van der Waals surface area contributed by atoms with Crippen molar-refractivity contribution in [1.29, 1.82) is 0 Å². The van der Waals surface area contributed by atoms with Crippen LogP contribution in [0.4, 0.5) is 0 Å². The van der Waals surface area contributed by atoms with E-state index in [-0.39, 0.29) is 18.0 Å². The van der Waals surface area contributed by atoms with Gasteiger partial charge in [-0.2, -0.15) is 0 Å². The summed E-state index contributed by atoms with van der Waals surface area (Å²) in [6, 6.07) is 13.6. The number of hydrogen-bond donors (Lipinski definition) is 2. The molecule has 3 heterocycles. The first-order valence-electron chi connectivity index (χ1n) is 14.7. The molecular formula is C32H39N5O4. The van der Waals surface area contributed by atoms with Crippen molar-refractivity contribution in [2.45, 2.75) is 70.6 Å². The molecule has 1 amide bonds. The second-order valence-electron chi connectivity index (χ2n) is 11.6. The highest BCUT2D eigenvalue weighted by Crippen LogP contribution is 2.40. The van der Waals surface area contributed by atoms with Crippen molar-refractivity contribution < 1.29 is 19.1 Å². The first-order chi connectivity index (χ1) is 19.8. The van der Waals surface area contributed by atoms with E-state index in [2.05, 4.69) is 10.3 Å². The molecular weight excluding hydrogens is 518 g/mol. The van der Waals surface area contributed by atoms with E-state index in [1.807, 2.05) is 72.7 Å². The maximum absolute atomic E-state index is 14.2. The number of carbonyl (C=O) groups is 1. The van der Waals surface area contributed by atoms with Crippen LogP contribution in [0.2, 0.25) is 0 Å². The number of aromatic nitrogens is 3.